The molecular formula is C22H30N6O. The highest BCUT2D eigenvalue weighted by Crippen LogP contribution is 2.25. The molecule has 2 aromatic rings. The van der Waals surface area contributed by atoms with Crippen LogP contribution >= 0.6 is 0 Å². The minimum atomic E-state index is 0.498. The van der Waals surface area contributed by atoms with Crippen molar-refractivity contribution in [2.75, 3.05) is 44.7 Å². The van der Waals surface area contributed by atoms with Gasteiger partial charge in [0.1, 0.15) is 12.1 Å². The molecule has 0 amide bonds. The highest BCUT2D eigenvalue weighted by Gasteiger charge is 2.25. The third-order valence-corrected chi connectivity index (χ3v) is 6.03. The van der Waals surface area contributed by atoms with Gasteiger partial charge in [-0.25, -0.2) is 9.97 Å². The summed E-state index contributed by atoms with van der Waals surface area (Å²) in [5.41, 5.74) is 1.53. The van der Waals surface area contributed by atoms with Gasteiger partial charge >= 0.3 is 0 Å². The van der Waals surface area contributed by atoms with Gasteiger partial charge < -0.3 is 15.4 Å². The van der Waals surface area contributed by atoms with E-state index in [1.54, 1.807) is 12.4 Å². The predicted octanol–water partition coefficient (Wildman–Crippen LogP) is 2.54. The summed E-state index contributed by atoms with van der Waals surface area (Å²) < 4.78 is 5.26. The Morgan fingerprint density at radius 1 is 1.10 bits per heavy atom. The number of anilines is 1. The molecule has 1 aliphatic carbocycles. The topological polar surface area (TPSA) is 86.1 Å². The second kappa shape index (κ2) is 9.97. The molecular weight excluding hydrogens is 364 g/mol. The van der Waals surface area contributed by atoms with E-state index in [9.17, 15) is 0 Å². The number of nitrogens with zero attached hydrogens (tertiary/aromatic N) is 4. The second-order valence-electron chi connectivity index (χ2n) is 8.01. The predicted molar refractivity (Wildman–Crippen MR) is 114 cm³/mol. The maximum Gasteiger partial charge on any atom is 0.137 e. The molecule has 2 N–H and O–H groups in total. The van der Waals surface area contributed by atoms with Crippen molar-refractivity contribution in [3.8, 4) is 6.07 Å². The Morgan fingerprint density at radius 3 is 2.59 bits per heavy atom. The summed E-state index contributed by atoms with van der Waals surface area (Å²) in [6.45, 7) is 6.48. The van der Waals surface area contributed by atoms with Gasteiger partial charge in [0.15, 0.2) is 0 Å². The van der Waals surface area contributed by atoms with Crippen LogP contribution in [0.4, 0.5) is 5.82 Å². The SMILES string of the molecule is C1CN(C2CNC2)CCO1.N#Cc1ccc2ncnc(NC3CCCCC3)c2c1. The molecule has 0 radical (unpaired) electrons. The first kappa shape index (κ1) is 20.0. The zero-order valence-electron chi connectivity index (χ0n) is 16.9. The largest absolute Gasteiger partial charge is 0.379 e. The number of morpholine rings is 1. The number of aromatic nitrogens is 2. The molecule has 7 nitrogen and oxygen atoms in total. The van der Waals surface area contributed by atoms with E-state index >= 15 is 0 Å². The summed E-state index contributed by atoms with van der Waals surface area (Å²) in [4.78, 5) is 11.1. The molecule has 3 heterocycles. The lowest BCUT2D eigenvalue weighted by atomic mass is 9.95. The molecule has 29 heavy (non-hydrogen) atoms. The Hall–Kier alpha value is -2.27. The second-order valence-corrected chi connectivity index (χ2v) is 8.01. The van der Waals surface area contributed by atoms with Gasteiger partial charge in [0.05, 0.1) is 30.4 Å². The monoisotopic (exact) mass is 394 g/mol. The van der Waals surface area contributed by atoms with Gasteiger partial charge in [0, 0.05) is 43.6 Å². The van der Waals surface area contributed by atoms with E-state index in [0.29, 0.717) is 11.6 Å². The summed E-state index contributed by atoms with van der Waals surface area (Å²) in [5.74, 6) is 0.856. The summed E-state index contributed by atoms with van der Waals surface area (Å²) in [7, 11) is 0. The number of nitrogens with one attached hydrogen (secondary N) is 2. The fourth-order valence-corrected chi connectivity index (χ4v) is 4.16. The van der Waals surface area contributed by atoms with Gasteiger partial charge in [-0.1, -0.05) is 19.3 Å². The van der Waals surface area contributed by atoms with Crippen LogP contribution in [0.2, 0.25) is 0 Å². The van der Waals surface area contributed by atoms with Gasteiger partial charge in [-0.2, -0.15) is 5.26 Å². The first-order valence-electron chi connectivity index (χ1n) is 10.8. The number of nitriles is 1. The van der Waals surface area contributed by atoms with Gasteiger partial charge in [-0.05, 0) is 31.0 Å². The van der Waals surface area contributed by atoms with Gasteiger partial charge in [0.2, 0.25) is 0 Å². The highest BCUT2D eigenvalue weighted by molar-refractivity contribution is 5.89. The number of fused-ring (bicyclic) bond motifs is 1. The smallest absolute Gasteiger partial charge is 0.137 e. The van der Waals surface area contributed by atoms with Gasteiger partial charge in [-0.3, -0.25) is 4.90 Å². The van der Waals surface area contributed by atoms with Crippen LogP contribution in [0, 0.1) is 11.3 Å². The average molecular weight is 395 g/mol. The number of benzene rings is 1. The molecule has 2 aliphatic heterocycles. The fourth-order valence-electron chi connectivity index (χ4n) is 4.16. The van der Waals surface area contributed by atoms with Crippen LogP contribution < -0.4 is 10.6 Å². The van der Waals surface area contributed by atoms with Crippen molar-refractivity contribution in [3.05, 3.63) is 30.1 Å². The molecule has 0 atom stereocenters. The quantitative estimate of drug-likeness (QED) is 0.827. The normalized spacial score (nSPS) is 20.9. The van der Waals surface area contributed by atoms with Crippen LogP contribution in [-0.4, -0.2) is 66.3 Å². The lowest BCUT2D eigenvalue weighted by Crippen LogP contribution is -2.59. The fraction of sp³-hybridized carbons (Fsp3) is 0.591. The molecule has 2 saturated heterocycles. The van der Waals surface area contributed by atoms with Crippen LogP contribution in [0.1, 0.15) is 37.7 Å². The third-order valence-electron chi connectivity index (χ3n) is 6.03. The summed E-state index contributed by atoms with van der Waals surface area (Å²) in [6, 6.07) is 9.00. The van der Waals surface area contributed by atoms with E-state index in [1.807, 2.05) is 12.1 Å². The Bertz CT molecular complexity index is 835. The molecule has 3 fully saturated rings. The van der Waals surface area contributed by atoms with E-state index in [1.165, 1.54) is 45.2 Å². The zero-order chi connectivity index (χ0) is 19.9. The third kappa shape index (κ3) is 5.21. The highest BCUT2D eigenvalue weighted by atomic mass is 16.5. The summed E-state index contributed by atoms with van der Waals surface area (Å²) in [5, 5.41) is 16.7. The number of hydrogen-bond acceptors (Lipinski definition) is 7. The van der Waals surface area contributed by atoms with E-state index < -0.39 is 0 Å². The van der Waals surface area contributed by atoms with E-state index in [0.717, 1.165) is 49.1 Å². The minimum Gasteiger partial charge on any atom is -0.379 e. The van der Waals surface area contributed by atoms with Crippen molar-refractivity contribution >= 4 is 16.7 Å². The number of ether oxygens (including phenoxy) is 1. The van der Waals surface area contributed by atoms with Gasteiger partial charge in [0.25, 0.3) is 0 Å². The number of rotatable bonds is 3. The van der Waals surface area contributed by atoms with E-state index in [-0.39, 0.29) is 0 Å². The maximum atomic E-state index is 9.00. The van der Waals surface area contributed by atoms with Crippen molar-refractivity contribution in [3.63, 3.8) is 0 Å². The van der Waals surface area contributed by atoms with Crippen LogP contribution in [0.5, 0.6) is 0 Å². The van der Waals surface area contributed by atoms with Crippen molar-refractivity contribution in [2.45, 2.75) is 44.2 Å². The lowest BCUT2D eigenvalue weighted by molar-refractivity contribution is 0.00509. The minimum absolute atomic E-state index is 0.498. The molecule has 0 spiro atoms. The van der Waals surface area contributed by atoms with Crippen molar-refractivity contribution in [1.82, 2.24) is 20.2 Å². The first-order valence-corrected chi connectivity index (χ1v) is 10.8. The average Bonchev–Trinajstić information content (AvgIpc) is 2.74. The van der Waals surface area contributed by atoms with Gasteiger partial charge in [-0.15, -0.1) is 0 Å². The van der Waals surface area contributed by atoms with Crippen LogP contribution in [0.25, 0.3) is 10.9 Å². The molecule has 1 saturated carbocycles. The number of hydrogen-bond donors (Lipinski definition) is 2. The molecule has 0 unspecified atom stereocenters. The van der Waals surface area contributed by atoms with Crippen LogP contribution in [0.3, 0.4) is 0 Å². The molecule has 7 heteroatoms. The maximum absolute atomic E-state index is 9.00. The molecule has 1 aromatic carbocycles. The van der Waals surface area contributed by atoms with Crippen molar-refractivity contribution in [2.24, 2.45) is 0 Å². The lowest BCUT2D eigenvalue weighted by Gasteiger charge is -2.40. The Morgan fingerprint density at radius 2 is 1.90 bits per heavy atom. The molecule has 1 aromatic heterocycles. The zero-order valence-corrected chi connectivity index (χ0v) is 16.9. The summed E-state index contributed by atoms with van der Waals surface area (Å²) in [6.07, 6.45) is 7.88. The van der Waals surface area contributed by atoms with Crippen molar-refractivity contribution < 1.29 is 4.74 Å². The van der Waals surface area contributed by atoms with E-state index in [4.69, 9.17) is 10.00 Å². The van der Waals surface area contributed by atoms with Crippen LogP contribution in [0.15, 0.2) is 24.5 Å². The van der Waals surface area contributed by atoms with E-state index in [2.05, 4.69) is 31.6 Å². The molecule has 0 bridgehead atoms. The summed E-state index contributed by atoms with van der Waals surface area (Å²) >= 11 is 0. The Labute approximate surface area is 172 Å². The first-order chi connectivity index (χ1) is 14.3. The molecule has 5 rings (SSSR count). The standard InChI is InChI=1S/C15H16N4.C7H14N2O/c16-9-11-6-7-14-13(8-11)15(18-10-17-14)19-12-4-2-1-3-5-12;1-3-10-4-2-9(1)7-5-8-6-7/h6-8,10,12H,1-5H2,(H,17,18,19);7-8H,1-6H2. The Kier molecular flexibility index (Phi) is 6.88. The van der Waals surface area contributed by atoms with Crippen molar-refractivity contribution in [1.29, 1.82) is 5.26 Å². The van der Waals surface area contributed by atoms with Crippen LogP contribution in [-0.2, 0) is 4.74 Å². The molecule has 3 aliphatic rings. The molecule has 154 valence electrons. The Balaban J connectivity index is 0.000000171.